The van der Waals surface area contributed by atoms with Crippen molar-refractivity contribution in [1.29, 1.82) is 0 Å². The summed E-state index contributed by atoms with van der Waals surface area (Å²) in [6, 6.07) is 17.6. The average Bonchev–Trinajstić information content (AvgIpc) is 3.48. The molecular formula is C27H37N3O2. The predicted molar refractivity (Wildman–Crippen MR) is 129 cm³/mol. The maximum atomic E-state index is 13.0. The third-order valence-corrected chi connectivity index (χ3v) is 7.07. The fraction of sp³-hybridized carbons (Fsp3) is 0.519. The summed E-state index contributed by atoms with van der Waals surface area (Å²) in [4.78, 5) is 15.3. The summed E-state index contributed by atoms with van der Waals surface area (Å²) in [5.41, 5.74) is 3.80. The van der Waals surface area contributed by atoms with Gasteiger partial charge in [-0.3, -0.25) is 4.79 Å². The standard InChI is InChI=1S/C27H37N3O2/c1-30-18-25(22-11-7-21(8-12-22)17-29-23-5-3-4-6-23)26(19-30)27(31)28-16-15-20-9-13-24(32-2)14-10-20/h7-14,23,25-26,29H,3-6,15-19H2,1-2H3,(H,28,31)/t25-,26+/m1/s1. The van der Waals surface area contributed by atoms with Crippen molar-refractivity contribution in [1.82, 2.24) is 15.5 Å². The Hall–Kier alpha value is -2.37. The van der Waals surface area contributed by atoms with Crippen LogP contribution in [-0.4, -0.2) is 50.6 Å². The molecule has 1 saturated heterocycles. The van der Waals surface area contributed by atoms with Gasteiger partial charge in [0.1, 0.15) is 5.75 Å². The monoisotopic (exact) mass is 435 g/mol. The van der Waals surface area contributed by atoms with Crippen LogP contribution in [0.5, 0.6) is 5.75 Å². The first kappa shape index (κ1) is 22.8. The highest BCUT2D eigenvalue weighted by molar-refractivity contribution is 5.80. The van der Waals surface area contributed by atoms with Gasteiger partial charge in [-0.25, -0.2) is 0 Å². The Bertz CT molecular complexity index is 859. The summed E-state index contributed by atoms with van der Waals surface area (Å²) in [6.45, 7) is 3.33. The quantitative estimate of drug-likeness (QED) is 0.630. The second kappa shape index (κ2) is 11.0. The molecule has 0 aromatic heterocycles. The van der Waals surface area contributed by atoms with E-state index < -0.39 is 0 Å². The number of amides is 1. The van der Waals surface area contributed by atoms with Gasteiger partial charge in [-0.05, 0) is 55.1 Å². The molecule has 0 radical (unpaired) electrons. The number of carbonyl (C=O) groups is 1. The Labute approximate surface area is 192 Å². The first-order valence-corrected chi connectivity index (χ1v) is 12.0. The van der Waals surface area contributed by atoms with E-state index in [2.05, 4.69) is 59.0 Å². The van der Waals surface area contributed by atoms with E-state index in [0.717, 1.165) is 31.8 Å². The van der Waals surface area contributed by atoms with Crippen molar-refractivity contribution in [2.45, 2.75) is 50.6 Å². The van der Waals surface area contributed by atoms with Gasteiger partial charge in [0.15, 0.2) is 0 Å². The van der Waals surface area contributed by atoms with Crippen molar-refractivity contribution < 1.29 is 9.53 Å². The zero-order valence-electron chi connectivity index (χ0n) is 19.5. The molecule has 1 saturated carbocycles. The molecule has 2 aromatic rings. The fourth-order valence-electron chi connectivity index (χ4n) is 5.13. The van der Waals surface area contributed by atoms with Crippen LogP contribution >= 0.6 is 0 Å². The number of likely N-dealkylation sites (N-methyl/N-ethyl adjacent to an activating group) is 1. The van der Waals surface area contributed by atoms with Gasteiger partial charge >= 0.3 is 0 Å². The van der Waals surface area contributed by atoms with E-state index >= 15 is 0 Å². The van der Waals surface area contributed by atoms with Crippen molar-refractivity contribution in [2.24, 2.45) is 5.92 Å². The van der Waals surface area contributed by atoms with Gasteiger partial charge < -0.3 is 20.3 Å². The van der Waals surface area contributed by atoms with E-state index in [1.54, 1.807) is 7.11 Å². The molecule has 0 unspecified atom stereocenters. The zero-order valence-corrected chi connectivity index (χ0v) is 19.5. The maximum Gasteiger partial charge on any atom is 0.225 e. The summed E-state index contributed by atoms with van der Waals surface area (Å²) in [5.74, 6) is 1.27. The molecule has 0 spiro atoms. The molecule has 2 aromatic carbocycles. The lowest BCUT2D eigenvalue weighted by molar-refractivity contribution is -0.124. The van der Waals surface area contributed by atoms with Crippen LogP contribution < -0.4 is 15.4 Å². The minimum Gasteiger partial charge on any atom is -0.497 e. The smallest absolute Gasteiger partial charge is 0.225 e. The van der Waals surface area contributed by atoms with E-state index in [9.17, 15) is 4.79 Å². The van der Waals surface area contributed by atoms with Crippen LogP contribution in [0.1, 0.15) is 48.3 Å². The number of nitrogens with zero attached hydrogens (tertiary/aromatic N) is 1. The van der Waals surface area contributed by atoms with Crippen molar-refractivity contribution in [3.8, 4) is 5.75 Å². The van der Waals surface area contributed by atoms with Crippen LogP contribution in [0.4, 0.5) is 0 Å². The summed E-state index contributed by atoms with van der Waals surface area (Å²) in [7, 11) is 3.78. The van der Waals surface area contributed by atoms with E-state index in [1.807, 2.05) is 12.1 Å². The van der Waals surface area contributed by atoms with E-state index in [4.69, 9.17) is 4.74 Å². The number of rotatable bonds is 9. The highest BCUT2D eigenvalue weighted by atomic mass is 16.5. The van der Waals surface area contributed by atoms with Gasteiger partial charge in [0.2, 0.25) is 5.91 Å². The molecule has 1 amide bonds. The van der Waals surface area contributed by atoms with Gasteiger partial charge in [0.25, 0.3) is 0 Å². The SMILES string of the molecule is COc1ccc(CCNC(=O)[C@H]2CN(C)C[C@@H]2c2ccc(CNC3CCCC3)cc2)cc1. The Morgan fingerprint density at radius 2 is 1.69 bits per heavy atom. The predicted octanol–water partition coefficient (Wildman–Crippen LogP) is 3.73. The van der Waals surface area contributed by atoms with Gasteiger partial charge in [0, 0.05) is 38.1 Å². The molecule has 1 aliphatic heterocycles. The molecule has 1 aliphatic carbocycles. The fourth-order valence-corrected chi connectivity index (χ4v) is 5.13. The number of hydrogen-bond donors (Lipinski definition) is 2. The van der Waals surface area contributed by atoms with Gasteiger partial charge in [-0.15, -0.1) is 0 Å². The molecule has 2 atom stereocenters. The summed E-state index contributed by atoms with van der Waals surface area (Å²) in [5, 5.41) is 6.86. The third kappa shape index (κ3) is 5.90. The highest BCUT2D eigenvalue weighted by Crippen LogP contribution is 2.32. The van der Waals surface area contributed by atoms with E-state index in [-0.39, 0.29) is 17.7 Å². The van der Waals surface area contributed by atoms with Crippen molar-refractivity contribution >= 4 is 5.91 Å². The summed E-state index contributed by atoms with van der Waals surface area (Å²) >= 11 is 0. The topological polar surface area (TPSA) is 53.6 Å². The molecular weight excluding hydrogens is 398 g/mol. The number of ether oxygens (including phenoxy) is 1. The minimum absolute atomic E-state index is 0.00155. The lowest BCUT2D eigenvalue weighted by Crippen LogP contribution is -2.35. The number of hydrogen-bond acceptors (Lipinski definition) is 4. The average molecular weight is 436 g/mol. The second-order valence-corrected chi connectivity index (χ2v) is 9.43. The lowest BCUT2D eigenvalue weighted by atomic mass is 9.88. The molecule has 4 rings (SSSR count). The molecule has 172 valence electrons. The number of benzene rings is 2. The molecule has 0 bridgehead atoms. The largest absolute Gasteiger partial charge is 0.497 e. The van der Waals surface area contributed by atoms with E-state index in [1.165, 1.54) is 42.4 Å². The zero-order chi connectivity index (χ0) is 22.3. The Morgan fingerprint density at radius 3 is 2.38 bits per heavy atom. The van der Waals surface area contributed by atoms with Gasteiger partial charge in [-0.1, -0.05) is 49.2 Å². The molecule has 2 fully saturated rings. The first-order valence-electron chi connectivity index (χ1n) is 12.0. The number of likely N-dealkylation sites (tertiary alicyclic amines) is 1. The Balaban J connectivity index is 1.30. The first-order chi connectivity index (χ1) is 15.6. The maximum absolute atomic E-state index is 13.0. The highest BCUT2D eigenvalue weighted by Gasteiger charge is 2.36. The molecule has 5 nitrogen and oxygen atoms in total. The number of methoxy groups -OCH3 is 1. The second-order valence-electron chi connectivity index (χ2n) is 9.43. The number of carbonyl (C=O) groups excluding carboxylic acids is 1. The van der Waals surface area contributed by atoms with Crippen LogP contribution in [-0.2, 0) is 17.8 Å². The molecule has 2 N–H and O–H groups in total. The molecule has 2 aliphatic rings. The van der Waals surface area contributed by atoms with Crippen LogP contribution in [0, 0.1) is 5.92 Å². The van der Waals surface area contributed by atoms with Crippen LogP contribution in [0.2, 0.25) is 0 Å². The van der Waals surface area contributed by atoms with Gasteiger partial charge in [0.05, 0.1) is 13.0 Å². The van der Waals surface area contributed by atoms with Crippen molar-refractivity contribution in [3.05, 3.63) is 65.2 Å². The van der Waals surface area contributed by atoms with Crippen LogP contribution in [0.25, 0.3) is 0 Å². The number of nitrogens with one attached hydrogen (secondary N) is 2. The Morgan fingerprint density at radius 1 is 1.00 bits per heavy atom. The van der Waals surface area contributed by atoms with Crippen molar-refractivity contribution in [2.75, 3.05) is 33.8 Å². The minimum atomic E-state index is -0.00155. The Kier molecular flexibility index (Phi) is 7.82. The van der Waals surface area contributed by atoms with Gasteiger partial charge in [-0.2, -0.15) is 0 Å². The lowest BCUT2D eigenvalue weighted by Gasteiger charge is -2.19. The molecule has 1 heterocycles. The normalized spacial score (nSPS) is 21.7. The summed E-state index contributed by atoms with van der Waals surface area (Å²) < 4.78 is 5.21. The van der Waals surface area contributed by atoms with E-state index in [0.29, 0.717) is 12.6 Å². The van der Waals surface area contributed by atoms with Crippen LogP contribution in [0.15, 0.2) is 48.5 Å². The molecule has 5 heteroatoms. The van der Waals surface area contributed by atoms with Crippen molar-refractivity contribution in [3.63, 3.8) is 0 Å². The summed E-state index contributed by atoms with van der Waals surface area (Å²) in [6.07, 6.45) is 6.15. The third-order valence-electron chi connectivity index (χ3n) is 7.07. The molecule has 32 heavy (non-hydrogen) atoms. The van der Waals surface area contributed by atoms with Crippen LogP contribution in [0.3, 0.4) is 0 Å².